The van der Waals surface area contributed by atoms with Crippen LogP contribution in [0.3, 0.4) is 0 Å². The van der Waals surface area contributed by atoms with Crippen LogP contribution >= 0.6 is 0 Å². The normalized spacial score (nSPS) is 16.3. The summed E-state index contributed by atoms with van der Waals surface area (Å²) >= 11 is 0. The molecule has 0 aliphatic carbocycles. The van der Waals surface area contributed by atoms with Gasteiger partial charge in [0.2, 0.25) is 0 Å². The number of hydrogen-bond donors (Lipinski definition) is 0. The fourth-order valence-electron chi connectivity index (χ4n) is 2.51. The lowest BCUT2D eigenvalue weighted by Gasteiger charge is -2.26. The first-order chi connectivity index (χ1) is 9.22. The number of carbonyl (C=O) groups is 1. The summed E-state index contributed by atoms with van der Waals surface area (Å²) in [4.78, 5) is 14.4. The highest BCUT2D eigenvalue weighted by molar-refractivity contribution is 5.99. The van der Waals surface area contributed by atoms with Gasteiger partial charge in [0.25, 0.3) is 0 Å². The van der Waals surface area contributed by atoms with E-state index in [2.05, 4.69) is 4.90 Å². The number of ether oxygens (including phenoxy) is 1. The molecule has 1 fully saturated rings. The third-order valence-electron chi connectivity index (χ3n) is 3.58. The quantitative estimate of drug-likeness (QED) is 0.767. The highest BCUT2D eigenvalue weighted by Gasteiger charge is 2.19. The first kappa shape index (κ1) is 14.0. The molecule has 0 saturated carbocycles. The van der Waals surface area contributed by atoms with Crippen molar-refractivity contribution in [2.45, 2.75) is 25.7 Å². The van der Waals surface area contributed by atoms with Crippen LogP contribution in [0.1, 0.15) is 36.0 Å². The van der Waals surface area contributed by atoms with Crippen molar-refractivity contribution in [1.82, 2.24) is 4.90 Å². The van der Waals surface area contributed by atoms with Crippen molar-refractivity contribution in [1.29, 1.82) is 0 Å². The fraction of sp³-hybridized carbons (Fsp3) is 0.533. The predicted octanol–water partition coefficient (Wildman–Crippen LogP) is 2.89. The number of hydrogen-bond acceptors (Lipinski definition) is 3. The number of piperidine rings is 1. The van der Waals surface area contributed by atoms with E-state index in [1.807, 2.05) is 0 Å². The lowest BCUT2D eigenvalue weighted by atomic mass is 10.0. The lowest BCUT2D eigenvalue weighted by Crippen LogP contribution is -2.31. The standard InChI is InChI=1S/C15H20FNO2/c1-19-14-7-5-6-12(16)15(14)13(18)8-11-17-9-3-2-4-10-17/h5-7H,2-4,8-11H2,1H3. The molecule has 0 amide bonds. The van der Waals surface area contributed by atoms with Crippen molar-refractivity contribution in [3.63, 3.8) is 0 Å². The Morgan fingerprint density at radius 2 is 2.05 bits per heavy atom. The number of halogens is 1. The summed E-state index contributed by atoms with van der Waals surface area (Å²) in [5.74, 6) is -0.354. The first-order valence-corrected chi connectivity index (χ1v) is 6.80. The predicted molar refractivity (Wildman–Crippen MR) is 72.2 cm³/mol. The van der Waals surface area contributed by atoms with Gasteiger partial charge in [-0.05, 0) is 38.1 Å². The number of rotatable bonds is 5. The van der Waals surface area contributed by atoms with Crippen LogP contribution in [0, 0.1) is 5.82 Å². The molecule has 0 unspecified atom stereocenters. The van der Waals surface area contributed by atoms with Gasteiger partial charge in [0.1, 0.15) is 11.6 Å². The van der Waals surface area contributed by atoms with Gasteiger partial charge in [-0.15, -0.1) is 0 Å². The van der Waals surface area contributed by atoms with Crippen LogP contribution < -0.4 is 4.74 Å². The number of ketones is 1. The lowest BCUT2D eigenvalue weighted by molar-refractivity contribution is 0.0951. The number of carbonyl (C=O) groups excluding carboxylic acids is 1. The van der Waals surface area contributed by atoms with Crippen LogP contribution in [0.2, 0.25) is 0 Å². The highest BCUT2D eigenvalue weighted by atomic mass is 19.1. The zero-order valence-corrected chi connectivity index (χ0v) is 11.3. The van der Waals surface area contributed by atoms with E-state index in [9.17, 15) is 9.18 Å². The molecule has 1 aliphatic heterocycles. The molecule has 0 radical (unpaired) electrons. The van der Waals surface area contributed by atoms with Gasteiger partial charge in [-0.3, -0.25) is 4.79 Å². The van der Waals surface area contributed by atoms with Gasteiger partial charge in [-0.25, -0.2) is 4.39 Å². The van der Waals surface area contributed by atoms with Crippen LogP contribution in [0.25, 0.3) is 0 Å². The molecule has 4 heteroatoms. The molecule has 0 bridgehead atoms. The number of nitrogens with zero attached hydrogens (tertiary/aromatic N) is 1. The Balaban J connectivity index is 1.99. The summed E-state index contributed by atoms with van der Waals surface area (Å²) in [6, 6.07) is 4.48. The zero-order chi connectivity index (χ0) is 13.7. The van der Waals surface area contributed by atoms with Gasteiger partial charge < -0.3 is 9.64 Å². The summed E-state index contributed by atoms with van der Waals surface area (Å²) in [5.41, 5.74) is 0.0852. The minimum absolute atomic E-state index is 0.0852. The average Bonchev–Trinajstić information content (AvgIpc) is 2.45. The van der Waals surface area contributed by atoms with E-state index >= 15 is 0 Å². The molecule has 104 valence electrons. The number of benzene rings is 1. The van der Waals surface area contributed by atoms with Gasteiger partial charge in [0, 0.05) is 13.0 Å². The average molecular weight is 265 g/mol. The molecule has 3 nitrogen and oxygen atoms in total. The molecular formula is C15H20FNO2. The van der Waals surface area contributed by atoms with Crippen molar-refractivity contribution in [2.24, 2.45) is 0 Å². The van der Waals surface area contributed by atoms with Crippen LogP contribution in [-0.4, -0.2) is 37.4 Å². The van der Waals surface area contributed by atoms with Crippen LogP contribution in [-0.2, 0) is 0 Å². The summed E-state index contributed by atoms with van der Waals surface area (Å²) in [6.07, 6.45) is 4.00. The van der Waals surface area contributed by atoms with E-state index in [1.165, 1.54) is 32.4 Å². The summed E-state index contributed by atoms with van der Waals surface area (Å²) in [6.45, 7) is 2.79. The Labute approximate surface area is 113 Å². The molecular weight excluding hydrogens is 245 g/mol. The van der Waals surface area contributed by atoms with E-state index in [0.29, 0.717) is 18.7 Å². The first-order valence-electron chi connectivity index (χ1n) is 6.80. The van der Waals surface area contributed by atoms with Crippen LogP contribution in [0.15, 0.2) is 18.2 Å². The maximum atomic E-state index is 13.7. The fourth-order valence-corrected chi connectivity index (χ4v) is 2.51. The van der Waals surface area contributed by atoms with E-state index in [1.54, 1.807) is 12.1 Å². The summed E-state index contributed by atoms with van der Waals surface area (Å²) in [7, 11) is 1.45. The maximum Gasteiger partial charge on any atom is 0.170 e. The molecule has 1 saturated heterocycles. The van der Waals surface area contributed by atoms with E-state index < -0.39 is 5.82 Å². The molecule has 1 aromatic carbocycles. The molecule has 1 aliphatic rings. The molecule has 0 N–H and O–H groups in total. The molecule has 2 rings (SSSR count). The summed E-state index contributed by atoms with van der Waals surface area (Å²) in [5, 5.41) is 0. The van der Waals surface area contributed by atoms with E-state index in [4.69, 9.17) is 4.74 Å². The molecule has 19 heavy (non-hydrogen) atoms. The van der Waals surface area contributed by atoms with Gasteiger partial charge in [0.05, 0.1) is 12.7 Å². The Morgan fingerprint density at radius 1 is 1.32 bits per heavy atom. The van der Waals surface area contributed by atoms with Gasteiger partial charge in [0.15, 0.2) is 5.78 Å². The molecule has 0 spiro atoms. The van der Waals surface area contributed by atoms with Crippen LogP contribution in [0.5, 0.6) is 5.75 Å². The van der Waals surface area contributed by atoms with Crippen LogP contribution in [0.4, 0.5) is 4.39 Å². The van der Waals surface area contributed by atoms with Gasteiger partial charge >= 0.3 is 0 Å². The van der Waals surface area contributed by atoms with Gasteiger partial charge in [-0.1, -0.05) is 12.5 Å². The number of Topliss-reactive ketones (excluding diaryl/α,β-unsaturated/α-hetero) is 1. The second-order valence-electron chi connectivity index (χ2n) is 4.89. The highest BCUT2D eigenvalue weighted by Crippen LogP contribution is 2.23. The SMILES string of the molecule is COc1cccc(F)c1C(=O)CCN1CCCCC1. The topological polar surface area (TPSA) is 29.5 Å². The van der Waals surface area contributed by atoms with Crippen molar-refractivity contribution in [3.05, 3.63) is 29.6 Å². The van der Waals surface area contributed by atoms with Crippen molar-refractivity contribution in [3.8, 4) is 5.75 Å². The largest absolute Gasteiger partial charge is 0.496 e. The summed E-state index contributed by atoms with van der Waals surface area (Å²) < 4.78 is 18.8. The van der Waals surface area contributed by atoms with E-state index in [0.717, 1.165) is 13.1 Å². The van der Waals surface area contributed by atoms with Crippen molar-refractivity contribution < 1.29 is 13.9 Å². The smallest absolute Gasteiger partial charge is 0.170 e. The molecule has 0 atom stereocenters. The third-order valence-corrected chi connectivity index (χ3v) is 3.58. The monoisotopic (exact) mass is 265 g/mol. The molecule has 1 heterocycles. The van der Waals surface area contributed by atoms with Crippen molar-refractivity contribution >= 4 is 5.78 Å². The second-order valence-corrected chi connectivity index (χ2v) is 4.89. The maximum absolute atomic E-state index is 13.7. The Bertz CT molecular complexity index is 442. The Morgan fingerprint density at radius 3 is 2.74 bits per heavy atom. The minimum Gasteiger partial charge on any atom is -0.496 e. The molecule has 1 aromatic rings. The molecule has 0 aromatic heterocycles. The Hall–Kier alpha value is -1.42. The third kappa shape index (κ3) is 3.53. The van der Waals surface area contributed by atoms with Crippen molar-refractivity contribution in [2.75, 3.05) is 26.7 Å². The number of methoxy groups -OCH3 is 1. The number of likely N-dealkylation sites (tertiary alicyclic amines) is 1. The van der Waals surface area contributed by atoms with Gasteiger partial charge in [-0.2, -0.15) is 0 Å². The second kappa shape index (κ2) is 6.66. The Kier molecular flexibility index (Phi) is 4.91. The zero-order valence-electron chi connectivity index (χ0n) is 11.3. The van der Waals surface area contributed by atoms with E-state index in [-0.39, 0.29) is 11.3 Å². The minimum atomic E-state index is -0.497.